The van der Waals surface area contributed by atoms with Crippen LogP contribution >= 0.6 is 0 Å². The normalized spacial score (nSPS) is 19.7. The standard InChI is InChI=1S/C23H25NO5/c25-22(23(8-9-23)18-4-2-1-3-5-18)24(16-21-28-12-13-29-21)15-17-6-7-19-20(14-17)27-11-10-26-19/h1-7,14,21H,8-13,15-16H2. The molecule has 2 fully saturated rings. The second kappa shape index (κ2) is 7.69. The van der Waals surface area contributed by atoms with Crippen LogP contribution in [0.1, 0.15) is 24.0 Å². The lowest BCUT2D eigenvalue weighted by atomic mass is 9.94. The summed E-state index contributed by atoms with van der Waals surface area (Å²) < 4.78 is 22.6. The summed E-state index contributed by atoms with van der Waals surface area (Å²) in [4.78, 5) is 15.5. The van der Waals surface area contributed by atoms with E-state index in [1.165, 1.54) is 0 Å². The summed E-state index contributed by atoms with van der Waals surface area (Å²) in [7, 11) is 0. The van der Waals surface area contributed by atoms with Gasteiger partial charge in [-0.2, -0.15) is 0 Å². The molecule has 0 bridgehead atoms. The van der Waals surface area contributed by atoms with E-state index in [4.69, 9.17) is 18.9 Å². The maximum atomic E-state index is 13.7. The largest absolute Gasteiger partial charge is 0.486 e. The molecule has 0 radical (unpaired) electrons. The molecule has 1 aliphatic carbocycles. The molecule has 29 heavy (non-hydrogen) atoms. The van der Waals surface area contributed by atoms with Crippen molar-refractivity contribution >= 4 is 5.91 Å². The summed E-state index contributed by atoms with van der Waals surface area (Å²) in [6.07, 6.45) is 1.38. The van der Waals surface area contributed by atoms with Crippen LogP contribution in [-0.2, 0) is 26.2 Å². The van der Waals surface area contributed by atoms with Crippen molar-refractivity contribution in [2.75, 3.05) is 33.0 Å². The minimum Gasteiger partial charge on any atom is -0.486 e. The fourth-order valence-corrected chi connectivity index (χ4v) is 4.13. The second-order valence-electron chi connectivity index (χ2n) is 7.78. The van der Waals surface area contributed by atoms with Crippen molar-refractivity contribution in [2.24, 2.45) is 0 Å². The zero-order valence-corrected chi connectivity index (χ0v) is 16.3. The molecule has 2 aromatic carbocycles. The molecule has 0 spiro atoms. The quantitative estimate of drug-likeness (QED) is 0.753. The van der Waals surface area contributed by atoms with E-state index in [1.54, 1.807) is 0 Å². The van der Waals surface area contributed by atoms with E-state index in [9.17, 15) is 4.79 Å². The molecule has 6 nitrogen and oxygen atoms in total. The van der Waals surface area contributed by atoms with Crippen molar-refractivity contribution < 1.29 is 23.7 Å². The Morgan fingerprint density at radius 2 is 1.66 bits per heavy atom. The molecule has 6 heteroatoms. The maximum Gasteiger partial charge on any atom is 0.233 e. The van der Waals surface area contributed by atoms with Crippen LogP contribution in [0.5, 0.6) is 11.5 Å². The summed E-state index contributed by atoms with van der Waals surface area (Å²) in [6, 6.07) is 16.0. The van der Waals surface area contributed by atoms with Crippen molar-refractivity contribution in [3.8, 4) is 11.5 Å². The molecule has 2 aliphatic heterocycles. The monoisotopic (exact) mass is 395 g/mol. The molecule has 0 aromatic heterocycles. The summed E-state index contributed by atoms with van der Waals surface area (Å²) in [6.45, 7) is 3.14. The molecule has 3 aliphatic rings. The van der Waals surface area contributed by atoms with Gasteiger partial charge in [-0.3, -0.25) is 4.79 Å². The maximum absolute atomic E-state index is 13.7. The SMILES string of the molecule is O=C(N(Cc1ccc2c(c1)OCCO2)CC1OCCO1)C1(c2ccccc2)CC1. The highest BCUT2D eigenvalue weighted by Crippen LogP contribution is 2.49. The third-order valence-corrected chi connectivity index (χ3v) is 5.81. The average Bonchev–Trinajstić information content (AvgIpc) is 3.43. The molecule has 1 saturated heterocycles. The van der Waals surface area contributed by atoms with Crippen LogP contribution in [0, 0.1) is 0 Å². The molecular weight excluding hydrogens is 370 g/mol. The lowest BCUT2D eigenvalue weighted by molar-refractivity contribution is -0.141. The second-order valence-corrected chi connectivity index (χ2v) is 7.78. The number of benzene rings is 2. The Morgan fingerprint density at radius 1 is 0.931 bits per heavy atom. The molecule has 0 atom stereocenters. The van der Waals surface area contributed by atoms with E-state index in [-0.39, 0.29) is 12.2 Å². The first-order valence-electron chi connectivity index (χ1n) is 10.2. The minimum absolute atomic E-state index is 0.137. The molecule has 2 aromatic rings. The number of carbonyl (C=O) groups excluding carboxylic acids is 1. The van der Waals surface area contributed by atoms with E-state index in [0.717, 1.165) is 35.5 Å². The number of rotatable bonds is 6. The van der Waals surface area contributed by atoms with Gasteiger partial charge in [-0.05, 0) is 36.1 Å². The summed E-state index contributed by atoms with van der Waals surface area (Å²) in [5.41, 5.74) is 1.67. The third kappa shape index (κ3) is 3.70. The van der Waals surface area contributed by atoms with E-state index in [0.29, 0.717) is 39.5 Å². The first-order valence-corrected chi connectivity index (χ1v) is 10.2. The zero-order chi connectivity index (χ0) is 19.7. The van der Waals surface area contributed by atoms with Crippen LogP contribution in [0.25, 0.3) is 0 Å². The van der Waals surface area contributed by atoms with Gasteiger partial charge in [0.05, 0.1) is 25.2 Å². The predicted octanol–water partition coefficient (Wildman–Crippen LogP) is 2.89. The molecule has 5 rings (SSSR count). The molecule has 1 amide bonds. The van der Waals surface area contributed by atoms with Crippen LogP contribution in [-0.4, -0.2) is 50.1 Å². The Labute approximate surface area is 170 Å². The fourth-order valence-electron chi connectivity index (χ4n) is 4.13. The Bertz CT molecular complexity index is 874. The summed E-state index contributed by atoms with van der Waals surface area (Å²) in [5.74, 6) is 1.62. The van der Waals surface area contributed by atoms with Gasteiger partial charge >= 0.3 is 0 Å². The van der Waals surface area contributed by atoms with Gasteiger partial charge < -0.3 is 23.8 Å². The van der Waals surface area contributed by atoms with Gasteiger partial charge in [0.25, 0.3) is 0 Å². The van der Waals surface area contributed by atoms with Crippen LogP contribution in [0.3, 0.4) is 0 Å². The molecule has 152 valence electrons. The Kier molecular flexibility index (Phi) is 4.89. The average molecular weight is 395 g/mol. The fraction of sp³-hybridized carbons (Fsp3) is 0.435. The van der Waals surface area contributed by atoms with Gasteiger partial charge in [0, 0.05) is 6.54 Å². The molecule has 2 heterocycles. The van der Waals surface area contributed by atoms with Gasteiger partial charge in [-0.25, -0.2) is 0 Å². The number of fused-ring (bicyclic) bond motifs is 1. The van der Waals surface area contributed by atoms with E-state index >= 15 is 0 Å². The summed E-state index contributed by atoms with van der Waals surface area (Å²) >= 11 is 0. The molecule has 1 saturated carbocycles. The summed E-state index contributed by atoms with van der Waals surface area (Å²) in [5, 5.41) is 0. The van der Waals surface area contributed by atoms with Gasteiger partial charge in [-0.1, -0.05) is 36.4 Å². The van der Waals surface area contributed by atoms with Crippen LogP contribution in [0.2, 0.25) is 0 Å². The zero-order valence-electron chi connectivity index (χ0n) is 16.3. The highest BCUT2D eigenvalue weighted by Gasteiger charge is 2.53. The minimum atomic E-state index is -0.423. The van der Waals surface area contributed by atoms with Crippen molar-refractivity contribution in [3.63, 3.8) is 0 Å². The topological polar surface area (TPSA) is 57.2 Å². The third-order valence-electron chi connectivity index (χ3n) is 5.81. The number of carbonyl (C=O) groups is 1. The first kappa shape index (κ1) is 18.5. The molecular formula is C23H25NO5. The number of amides is 1. The highest BCUT2D eigenvalue weighted by molar-refractivity contribution is 5.91. The van der Waals surface area contributed by atoms with Crippen molar-refractivity contribution in [2.45, 2.75) is 31.1 Å². The van der Waals surface area contributed by atoms with Crippen molar-refractivity contribution in [1.29, 1.82) is 0 Å². The van der Waals surface area contributed by atoms with Crippen LogP contribution < -0.4 is 9.47 Å². The lowest BCUT2D eigenvalue weighted by Gasteiger charge is -2.30. The number of hydrogen-bond donors (Lipinski definition) is 0. The Morgan fingerprint density at radius 3 is 2.38 bits per heavy atom. The van der Waals surface area contributed by atoms with E-state index < -0.39 is 5.41 Å². The number of hydrogen-bond acceptors (Lipinski definition) is 5. The Balaban J connectivity index is 1.40. The first-order chi connectivity index (χ1) is 14.2. The van der Waals surface area contributed by atoms with Gasteiger partial charge in [0.2, 0.25) is 5.91 Å². The highest BCUT2D eigenvalue weighted by atomic mass is 16.7. The van der Waals surface area contributed by atoms with Crippen molar-refractivity contribution in [3.05, 3.63) is 59.7 Å². The van der Waals surface area contributed by atoms with Crippen LogP contribution in [0.15, 0.2) is 48.5 Å². The number of ether oxygens (including phenoxy) is 4. The van der Waals surface area contributed by atoms with Crippen molar-refractivity contribution in [1.82, 2.24) is 4.90 Å². The van der Waals surface area contributed by atoms with E-state index in [2.05, 4.69) is 12.1 Å². The van der Waals surface area contributed by atoms with E-state index in [1.807, 2.05) is 41.3 Å². The Hall–Kier alpha value is -2.57. The predicted molar refractivity (Wildman–Crippen MR) is 106 cm³/mol. The smallest absolute Gasteiger partial charge is 0.233 e. The van der Waals surface area contributed by atoms with Gasteiger partial charge in [0.15, 0.2) is 17.8 Å². The van der Waals surface area contributed by atoms with Gasteiger partial charge in [0.1, 0.15) is 13.2 Å². The van der Waals surface area contributed by atoms with Gasteiger partial charge in [-0.15, -0.1) is 0 Å². The van der Waals surface area contributed by atoms with Crippen LogP contribution in [0.4, 0.5) is 0 Å². The molecule has 0 unspecified atom stereocenters. The number of nitrogens with zero attached hydrogens (tertiary/aromatic N) is 1. The lowest BCUT2D eigenvalue weighted by Crippen LogP contribution is -2.43. The molecule has 0 N–H and O–H groups in total.